The first-order valence-electron chi connectivity index (χ1n) is 7.95. The van der Waals surface area contributed by atoms with E-state index in [9.17, 15) is 26.4 Å². The van der Waals surface area contributed by atoms with E-state index in [2.05, 4.69) is 29.3 Å². The lowest BCUT2D eigenvalue weighted by Crippen LogP contribution is -2.44. The summed E-state index contributed by atoms with van der Waals surface area (Å²) in [6.45, 7) is 3.92. The predicted molar refractivity (Wildman–Crippen MR) is 109 cm³/mol. The summed E-state index contributed by atoms with van der Waals surface area (Å²) in [4.78, 5) is 21.9. The molecule has 0 bridgehead atoms. The van der Waals surface area contributed by atoms with Gasteiger partial charge in [0.05, 0.1) is 4.90 Å². The van der Waals surface area contributed by atoms with Gasteiger partial charge in [-0.25, -0.2) is 23.4 Å². The first-order chi connectivity index (χ1) is 13.9. The summed E-state index contributed by atoms with van der Waals surface area (Å²) in [6.07, 6.45) is 0. The van der Waals surface area contributed by atoms with Crippen LogP contribution in [-0.4, -0.2) is 28.9 Å². The number of hydrogen-bond donors (Lipinski definition) is 5. The molecule has 0 aliphatic heterocycles. The molecular weight excluding hydrogens is 436 g/mol. The minimum atomic E-state index is -3.73. The number of nitrogens with zero attached hydrogens (tertiary/aromatic N) is 1. The number of amides is 4. The molecule has 7 N–H and O–H groups in total. The monoisotopic (exact) mass is 458 g/mol. The van der Waals surface area contributed by atoms with Crippen molar-refractivity contribution in [3.8, 4) is 0 Å². The molecule has 14 heteroatoms. The Bertz CT molecular complexity index is 1050. The largest absolute Gasteiger partial charge is 0.351 e. The molecule has 0 aliphatic carbocycles. The highest BCUT2D eigenvalue weighted by Crippen LogP contribution is 2.08. The maximum absolute atomic E-state index is 11.5. The van der Waals surface area contributed by atoms with Crippen molar-refractivity contribution in [1.82, 2.24) is 15.7 Å². The zero-order chi connectivity index (χ0) is 23.2. The molecule has 12 nitrogen and oxygen atoms in total. The first kappa shape index (κ1) is 26.5. The van der Waals surface area contributed by atoms with Crippen LogP contribution in [0.4, 0.5) is 9.59 Å². The third-order valence-electron chi connectivity index (χ3n) is 2.81. The van der Waals surface area contributed by atoms with E-state index in [1.807, 2.05) is 30.0 Å². The Morgan fingerprint density at radius 3 is 1.70 bits per heavy atom. The van der Waals surface area contributed by atoms with Gasteiger partial charge in [0.2, 0.25) is 0 Å². The molecule has 0 radical (unpaired) electrons. The topological polar surface area (TPSA) is 203 Å². The number of nitrogens with two attached hydrogens (primary N) is 2. The maximum Gasteiger partial charge on any atom is 0.333 e. The van der Waals surface area contributed by atoms with Crippen LogP contribution in [0, 0.1) is 13.8 Å². The number of hydrogen-bond acceptors (Lipinski definition) is 7. The molecule has 0 aromatic heterocycles. The molecule has 4 amide bonds. The van der Waals surface area contributed by atoms with Crippen LogP contribution in [0.25, 0.3) is 0 Å². The highest BCUT2D eigenvalue weighted by molar-refractivity contribution is 7.89. The number of rotatable bonds is 4. The Labute approximate surface area is 175 Å². The molecule has 2 rings (SSSR count). The molecule has 0 aliphatic rings. The third kappa shape index (κ3) is 13.6. The van der Waals surface area contributed by atoms with Crippen LogP contribution >= 0.6 is 0 Å². The second-order valence-electron chi connectivity index (χ2n) is 5.35. The van der Waals surface area contributed by atoms with E-state index in [-0.39, 0.29) is 4.90 Å². The Morgan fingerprint density at radius 1 is 0.867 bits per heavy atom. The number of carbonyl (C=O) groups is 2. The molecule has 30 heavy (non-hydrogen) atoms. The number of nitrogens with one attached hydrogen (secondary N) is 3. The van der Waals surface area contributed by atoms with E-state index in [0.29, 0.717) is 0 Å². The van der Waals surface area contributed by atoms with Crippen LogP contribution in [0.15, 0.2) is 64.0 Å². The summed E-state index contributed by atoms with van der Waals surface area (Å²) in [5.41, 5.74) is 14.7. The number of sulfonamides is 1. The zero-order valence-electron chi connectivity index (χ0n) is 16.1. The van der Waals surface area contributed by atoms with Crippen molar-refractivity contribution in [1.29, 1.82) is 0 Å². The van der Waals surface area contributed by atoms with Gasteiger partial charge in [0, 0.05) is 0 Å². The molecule has 164 valence electrons. The van der Waals surface area contributed by atoms with Crippen LogP contribution in [0.5, 0.6) is 0 Å². The van der Waals surface area contributed by atoms with Gasteiger partial charge in [-0.2, -0.15) is 8.42 Å². The summed E-state index contributed by atoms with van der Waals surface area (Å²) in [5, 5.41) is 0. The van der Waals surface area contributed by atoms with Crippen LogP contribution in [0.2, 0.25) is 0 Å². The van der Waals surface area contributed by atoms with E-state index in [4.69, 9.17) is 5.73 Å². The molecule has 2 aromatic carbocycles. The van der Waals surface area contributed by atoms with Crippen LogP contribution in [0.1, 0.15) is 11.1 Å². The van der Waals surface area contributed by atoms with Crippen molar-refractivity contribution in [2.75, 3.05) is 0 Å². The van der Waals surface area contributed by atoms with Gasteiger partial charge < -0.3 is 11.5 Å². The number of carbonyl (C=O) groups excluding carboxylic acids is 2. The van der Waals surface area contributed by atoms with Gasteiger partial charge in [0.15, 0.2) is 0 Å². The summed E-state index contributed by atoms with van der Waals surface area (Å²) < 4.78 is 44.4. The quantitative estimate of drug-likeness (QED) is 0.412. The van der Waals surface area contributed by atoms with Gasteiger partial charge >= 0.3 is 22.6 Å². The molecule has 0 heterocycles. The van der Waals surface area contributed by atoms with Gasteiger partial charge in [-0.15, -0.1) is 4.83 Å². The average molecular weight is 459 g/mol. The van der Waals surface area contributed by atoms with Gasteiger partial charge in [-0.05, 0) is 30.5 Å². The molecule has 2 aromatic rings. The number of hydrazine groups is 1. The zero-order valence-corrected chi connectivity index (χ0v) is 17.7. The minimum Gasteiger partial charge on any atom is -0.351 e. The van der Waals surface area contributed by atoms with Crippen molar-refractivity contribution < 1.29 is 26.4 Å². The van der Waals surface area contributed by atoms with Crippen molar-refractivity contribution >= 4 is 32.6 Å². The molecule has 0 atom stereocenters. The summed E-state index contributed by atoms with van der Waals surface area (Å²) in [7, 11) is -6.36. The molecule has 0 unspecified atom stereocenters. The van der Waals surface area contributed by atoms with Gasteiger partial charge in [0.25, 0.3) is 10.0 Å². The number of primary amides is 2. The van der Waals surface area contributed by atoms with E-state index >= 15 is 0 Å². The fraction of sp³-hybridized carbons (Fsp3) is 0.125. The first-order valence-corrected chi connectivity index (χ1v) is 10.5. The molecule has 0 saturated heterocycles. The van der Waals surface area contributed by atoms with Crippen LogP contribution < -0.4 is 27.2 Å². The number of aryl methyl sites for hydroxylation is 2. The van der Waals surface area contributed by atoms with Gasteiger partial charge in [0.1, 0.15) is 0 Å². The van der Waals surface area contributed by atoms with E-state index in [0.717, 1.165) is 5.56 Å². The molecular formula is C16H22N6O6S2. The van der Waals surface area contributed by atoms with E-state index < -0.39 is 32.6 Å². The van der Waals surface area contributed by atoms with Crippen molar-refractivity contribution in [3.05, 3.63) is 65.7 Å². The highest BCUT2D eigenvalue weighted by atomic mass is 32.2. The predicted octanol–water partition coefficient (Wildman–Crippen LogP) is 0.484. The van der Waals surface area contributed by atoms with E-state index in [1.54, 1.807) is 17.6 Å². The second kappa shape index (κ2) is 13.6. The molecule has 0 fully saturated rings. The third-order valence-corrected chi connectivity index (χ3v) is 4.31. The molecule has 0 saturated carbocycles. The van der Waals surface area contributed by atoms with E-state index in [1.165, 1.54) is 23.1 Å². The Morgan fingerprint density at radius 2 is 1.37 bits per heavy atom. The number of benzene rings is 2. The SMILES string of the molecule is Cc1ccc(S(=O)(=O)NNC(N)=O)cc1.Cc1ccccc1.NC(=O)NN=S(=O)=O. The Kier molecular flexibility index (Phi) is 12.1. The van der Waals surface area contributed by atoms with Gasteiger partial charge in [-0.1, -0.05) is 53.6 Å². The van der Waals surface area contributed by atoms with Crippen LogP contribution in [-0.2, 0) is 20.5 Å². The lowest BCUT2D eigenvalue weighted by atomic mass is 10.2. The summed E-state index contributed by atoms with van der Waals surface area (Å²) in [5.74, 6) is 0. The maximum atomic E-state index is 11.5. The minimum absolute atomic E-state index is 0.0573. The van der Waals surface area contributed by atoms with Gasteiger partial charge in [-0.3, -0.25) is 5.43 Å². The Hall–Kier alpha value is -3.49. The number of urea groups is 2. The average Bonchev–Trinajstić information content (AvgIpc) is 2.67. The fourth-order valence-electron chi connectivity index (χ4n) is 1.51. The normalized spacial score (nSPS) is 9.53. The second-order valence-corrected chi connectivity index (χ2v) is 7.65. The fourth-order valence-corrected chi connectivity index (χ4v) is 2.52. The molecule has 0 spiro atoms. The standard InChI is InChI=1S/C8H11N3O3S.C7H8.CH3N3O3S/c1-6-2-4-7(5-3-6)15(13,14)11-10-8(9)12;1-7-5-3-2-4-6-7;2-1(5)3-4-8(6)7/h2-5,11H,1H3,(H3,9,10,12);2-6H,1H3;(H3,2,3,5). The van der Waals surface area contributed by atoms with Crippen molar-refractivity contribution in [3.63, 3.8) is 0 Å². The van der Waals surface area contributed by atoms with Crippen molar-refractivity contribution in [2.24, 2.45) is 15.9 Å². The Balaban J connectivity index is 0.000000471. The lowest BCUT2D eigenvalue weighted by molar-refractivity contribution is 0.247. The van der Waals surface area contributed by atoms with Crippen LogP contribution in [0.3, 0.4) is 0 Å². The lowest BCUT2D eigenvalue weighted by Gasteiger charge is -2.06. The van der Waals surface area contributed by atoms with Crippen molar-refractivity contribution in [2.45, 2.75) is 18.7 Å². The highest BCUT2D eigenvalue weighted by Gasteiger charge is 2.13. The summed E-state index contributed by atoms with van der Waals surface area (Å²) >= 11 is 0. The summed E-state index contributed by atoms with van der Waals surface area (Å²) in [6, 6.07) is 14.5. The smallest absolute Gasteiger partial charge is 0.333 e.